The van der Waals surface area contributed by atoms with Gasteiger partial charge in [0.1, 0.15) is 4.90 Å². The van der Waals surface area contributed by atoms with Gasteiger partial charge in [0, 0.05) is 29.7 Å². The summed E-state index contributed by atoms with van der Waals surface area (Å²) in [4.78, 5) is 14.8. The number of carbonyl (C=O) groups is 1. The molecule has 158 valence electrons. The average molecular weight is 410 g/mol. The zero-order chi connectivity index (χ0) is 21.1. The summed E-state index contributed by atoms with van der Waals surface area (Å²) in [5, 5.41) is 2.85. The van der Waals surface area contributed by atoms with Crippen molar-refractivity contribution in [1.82, 2.24) is 4.72 Å². The maximum atomic E-state index is 13.2. The second kappa shape index (κ2) is 8.82. The van der Waals surface area contributed by atoms with Crippen LogP contribution in [0.15, 0.2) is 23.1 Å². The third-order valence-electron chi connectivity index (χ3n) is 5.27. The molecule has 1 fully saturated rings. The molecule has 2 N–H and O–H groups in total. The van der Waals surface area contributed by atoms with E-state index in [-0.39, 0.29) is 22.9 Å². The molecule has 0 bridgehead atoms. The molecular weight excluding hydrogens is 374 g/mol. The summed E-state index contributed by atoms with van der Waals surface area (Å²) < 4.78 is 29.1. The van der Waals surface area contributed by atoms with Crippen molar-refractivity contribution >= 4 is 27.3 Å². The Morgan fingerprint density at radius 3 is 2.54 bits per heavy atom. The predicted molar refractivity (Wildman–Crippen MR) is 115 cm³/mol. The first-order valence-corrected chi connectivity index (χ1v) is 11.7. The summed E-state index contributed by atoms with van der Waals surface area (Å²) in [5.41, 5.74) is 0.642. The van der Waals surface area contributed by atoms with Crippen LogP contribution < -0.4 is 14.9 Å². The quantitative estimate of drug-likeness (QED) is 0.740. The maximum Gasteiger partial charge on any atom is 0.242 e. The van der Waals surface area contributed by atoms with E-state index in [9.17, 15) is 13.2 Å². The summed E-state index contributed by atoms with van der Waals surface area (Å²) in [6.07, 6.45) is 3.95. The Labute approximate surface area is 170 Å². The Bertz CT molecular complexity index is 800. The van der Waals surface area contributed by atoms with Crippen molar-refractivity contribution in [2.75, 3.05) is 16.8 Å². The molecule has 28 heavy (non-hydrogen) atoms. The zero-order valence-corrected chi connectivity index (χ0v) is 18.8. The molecule has 1 saturated heterocycles. The minimum Gasteiger partial charge on any atom is -0.368 e. The largest absolute Gasteiger partial charge is 0.368 e. The van der Waals surface area contributed by atoms with Gasteiger partial charge in [0.05, 0.1) is 5.69 Å². The molecule has 2 atom stereocenters. The fourth-order valence-electron chi connectivity index (χ4n) is 3.23. The second-order valence-electron chi connectivity index (χ2n) is 8.86. The lowest BCUT2D eigenvalue weighted by Crippen LogP contribution is -2.39. The predicted octanol–water partition coefficient (Wildman–Crippen LogP) is 4.13. The molecule has 0 aromatic heterocycles. The minimum atomic E-state index is -3.71. The van der Waals surface area contributed by atoms with Gasteiger partial charge in [0.2, 0.25) is 15.9 Å². The molecule has 0 aliphatic carbocycles. The summed E-state index contributed by atoms with van der Waals surface area (Å²) in [5.74, 6) is -0.148. The normalized spacial score (nSPS) is 19.4. The molecule has 6 nitrogen and oxygen atoms in total. The van der Waals surface area contributed by atoms with Gasteiger partial charge in [-0.05, 0) is 57.7 Å². The molecule has 1 aromatic rings. The number of hydrogen-bond donors (Lipinski definition) is 2. The van der Waals surface area contributed by atoms with E-state index in [4.69, 9.17) is 0 Å². The lowest BCUT2D eigenvalue weighted by atomic mass is 9.95. The molecule has 1 aromatic carbocycles. The Morgan fingerprint density at radius 1 is 1.29 bits per heavy atom. The lowest BCUT2D eigenvalue weighted by Gasteiger charge is -2.36. The molecule has 1 heterocycles. The highest BCUT2D eigenvalue weighted by molar-refractivity contribution is 7.89. The topological polar surface area (TPSA) is 78.5 Å². The number of sulfonamides is 1. The number of benzene rings is 1. The van der Waals surface area contributed by atoms with Crippen molar-refractivity contribution in [3.05, 3.63) is 18.2 Å². The van der Waals surface area contributed by atoms with E-state index in [1.54, 1.807) is 12.1 Å². The first-order valence-electron chi connectivity index (χ1n) is 10.2. The summed E-state index contributed by atoms with van der Waals surface area (Å²) in [7, 11) is -3.71. The van der Waals surface area contributed by atoms with Crippen LogP contribution in [-0.2, 0) is 14.8 Å². The average Bonchev–Trinajstić information content (AvgIpc) is 2.61. The molecule has 0 spiro atoms. The molecule has 0 saturated carbocycles. The van der Waals surface area contributed by atoms with E-state index in [1.165, 1.54) is 0 Å². The van der Waals surface area contributed by atoms with Crippen LogP contribution in [0.1, 0.15) is 67.2 Å². The highest BCUT2D eigenvalue weighted by Gasteiger charge is 2.28. The number of amides is 1. The van der Waals surface area contributed by atoms with Crippen LogP contribution in [0.4, 0.5) is 11.4 Å². The number of rotatable bonds is 6. The lowest BCUT2D eigenvalue weighted by molar-refractivity contribution is -0.123. The van der Waals surface area contributed by atoms with Gasteiger partial charge in [-0.1, -0.05) is 27.7 Å². The molecule has 1 amide bonds. The number of anilines is 2. The summed E-state index contributed by atoms with van der Waals surface area (Å²) >= 11 is 0. The van der Waals surface area contributed by atoms with Gasteiger partial charge < -0.3 is 10.2 Å². The molecule has 2 rings (SSSR count). The van der Waals surface area contributed by atoms with Crippen LogP contribution in [0, 0.1) is 5.41 Å². The number of nitrogens with one attached hydrogen (secondary N) is 2. The number of carbonyl (C=O) groups excluding carboxylic acids is 1. The molecule has 1 aliphatic heterocycles. The van der Waals surface area contributed by atoms with E-state index < -0.39 is 15.4 Å². The maximum absolute atomic E-state index is 13.2. The van der Waals surface area contributed by atoms with E-state index in [0.717, 1.165) is 25.8 Å². The van der Waals surface area contributed by atoms with Gasteiger partial charge >= 0.3 is 0 Å². The molecule has 7 heteroatoms. The van der Waals surface area contributed by atoms with Crippen LogP contribution in [0.25, 0.3) is 0 Å². The summed E-state index contributed by atoms with van der Waals surface area (Å²) in [6.45, 7) is 12.2. The van der Waals surface area contributed by atoms with Crippen LogP contribution in [-0.4, -0.2) is 33.0 Å². The van der Waals surface area contributed by atoms with Gasteiger partial charge in [-0.2, -0.15) is 0 Å². The summed E-state index contributed by atoms with van der Waals surface area (Å²) in [6, 6.07) is 5.32. The molecule has 1 aliphatic rings. The smallest absolute Gasteiger partial charge is 0.242 e. The Hall–Kier alpha value is -1.60. The van der Waals surface area contributed by atoms with Gasteiger partial charge in [-0.15, -0.1) is 0 Å². The van der Waals surface area contributed by atoms with Crippen molar-refractivity contribution in [2.24, 2.45) is 5.41 Å². The second-order valence-corrected chi connectivity index (χ2v) is 10.5. The SMILES string of the molecule is CC[C@@H](C)NS(=O)(=O)c1cc(NC(=O)C(C)(C)C)ccc1N1CCCC[C@@H]1C. The fourth-order valence-corrected chi connectivity index (χ4v) is 4.80. The standard InChI is InChI=1S/C21H35N3O3S/c1-7-15(2)23-28(26,27)19-14-17(22-20(25)21(4,5)6)11-12-18(19)24-13-9-8-10-16(24)3/h11-12,14-16,23H,7-10,13H2,1-6H3,(H,22,25)/t15-,16+/m1/s1. The van der Waals surface area contributed by atoms with Crippen molar-refractivity contribution in [2.45, 2.75) is 84.2 Å². The van der Waals surface area contributed by atoms with Crippen LogP contribution in [0.2, 0.25) is 0 Å². The van der Waals surface area contributed by atoms with Gasteiger partial charge in [0.15, 0.2) is 0 Å². The van der Waals surface area contributed by atoms with Crippen LogP contribution in [0.3, 0.4) is 0 Å². The van der Waals surface area contributed by atoms with Gasteiger partial charge in [0.25, 0.3) is 0 Å². The van der Waals surface area contributed by atoms with E-state index in [2.05, 4.69) is 21.9 Å². The third-order valence-corrected chi connectivity index (χ3v) is 6.89. The Morgan fingerprint density at radius 2 is 1.96 bits per heavy atom. The van der Waals surface area contributed by atoms with E-state index >= 15 is 0 Å². The highest BCUT2D eigenvalue weighted by atomic mass is 32.2. The van der Waals surface area contributed by atoms with Crippen molar-refractivity contribution < 1.29 is 13.2 Å². The van der Waals surface area contributed by atoms with E-state index in [0.29, 0.717) is 17.8 Å². The Balaban J connectivity index is 2.48. The Kier molecular flexibility index (Phi) is 7.15. The first-order chi connectivity index (χ1) is 13.0. The van der Waals surface area contributed by atoms with Crippen LogP contribution in [0.5, 0.6) is 0 Å². The van der Waals surface area contributed by atoms with Gasteiger partial charge in [-0.25, -0.2) is 13.1 Å². The minimum absolute atomic E-state index is 0.148. The third kappa shape index (κ3) is 5.47. The first kappa shape index (κ1) is 22.7. The van der Waals surface area contributed by atoms with Crippen molar-refractivity contribution in [1.29, 1.82) is 0 Å². The van der Waals surface area contributed by atoms with Crippen molar-refractivity contribution in [3.63, 3.8) is 0 Å². The molecular formula is C21H35N3O3S. The zero-order valence-electron chi connectivity index (χ0n) is 18.0. The highest BCUT2D eigenvalue weighted by Crippen LogP contribution is 2.33. The molecule has 0 radical (unpaired) electrons. The van der Waals surface area contributed by atoms with Gasteiger partial charge in [-0.3, -0.25) is 4.79 Å². The monoisotopic (exact) mass is 409 g/mol. The van der Waals surface area contributed by atoms with Crippen LogP contribution >= 0.6 is 0 Å². The van der Waals surface area contributed by atoms with E-state index in [1.807, 2.05) is 40.7 Å². The number of piperidine rings is 1. The number of nitrogens with zero attached hydrogens (tertiary/aromatic N) is 1. The fraction of sp³-hybridized carbons (Fsp3) is 0.667. The number of hydrogen-bond acceptors (Lipinski definition) is 4. The van der Waals surface area contributed by atoms with Crippen molar-refractivity contribution in [3.8, 4) is 0 Å². The molecule has 0 unspecified atom stereocenters.